The predicted octanol–water partition coefficient (Wildman–Crippen LogP) is 3.16. The molecule has 0 bridgehead atoms. The first-order valence-corrected chi connectivity index (χ1v) is 8.13. The van der Waals surface area contributed by atoms with Crippen molar-refractivity contribution in [3.8, 4) is 0 Å². The SMILES string of the molecule is CCCOC(=O)C(C)Sc1nnc(Cc2cccs2)o1. The summed E-state index contributed by atoms with van der Waals surface area (Å²) in [5.74, 6) is 0.305. The van der Waals surface area contributed by atoms with Crippen LogP contribution in [0.5, 0.6) is 0 Å². The maximum Gasteiger partial charge on any atom is 0.319 e. The second kappa shape index (κ2) is 7.44. The highest BCUT2D eigenvalue weighted by Crippen LogP contribution is 2.24. The van der Waals surface area contributed by atoms with Crippen molar-refractivity contribution in [2.75, 3.05) is 6.61 Å². The van der Waals surface area contributed by atoms with Crippen molar-refractivity contribution >= 4 is 29.1 Å². The molecule has 2 rings (SSSR count). The normalized spacial score (nSPS) is 12.3. The summed E-state index contributed by atoms with van der Waals surface area (Å²) < 4.78 is 10.6. The van der Waals surface area contributed by atoms with Crippen LogP contribution in [0.25, 0.3) is 0 Å². The molecule has 0 aliphatic heterocycles. The quantitative estimate of drug-likeness (QED) is 0.578. The molecule has 0 fully saturated rings. The Labute approximate surface area is 125 Å². The molecule has 1 unspecified atom stereocenters. The third-order valence-corrected chi connectivity index (χ3v) is 4.20. The number of ether oxygens (including phenoxy) is 1. The van der Waals surface area contributed by atoms with E-state index in [-0.39, 0.29) is 11.2 Å². The fourth-order valence-electron chi connectivity index (χ4n) is 1.44. The minimum Gasteiger partial charge on any atom is -0.465 e. The number of thiophene rings is 1. The largest absolute Gasteiger partial charge is 0.465 e. The molecule has 0 saturated heterocycles. The van der Waals surface area contributed by atoms with Gasteiger partial charge in [0.2, 0.25) is 5.89 Å². The van der Waals surface area contributed by atoms with Crippen LogP contribution in [0, 0.1) is 0 Å². The van der Waals surface area contributed by atoms with Gasteiger partial charge in [-0.05, 0) is 24.8 Å². The predicted molar refractivity (Wildman–Crippen MR) is 78.0 cm³/mol. The highest BCUT2D eigenvalue weighted by molar-refractivity contribution is 8.00. The average Bonchev–Trinajstić information content (AvgIpc) is 3.08. The van der Waals surface area contributed by atoms with Gasteiger partial charge in [0, 0.05) is 4.88 Å². The number of esters is 1. The van der Waals surface area contributed by atoms with E-state index in [4.69, 9.17) is 9.15 Å². The van der Waals surface area contributed by atoms with Crippen LogP contribution in [0.3, 0.4) is 0 Å². The number of hydrogen-bond acceptors (Lipinski definition) is 7. The molecule has 0 N–H and O–H groups in total. The molecule has 0 amide bonds. The molecule has 0 radical (unpaired) electrons. The second-order valence-electron chi connectivity index (χ2n) is 4.15. The Bertz CT molecular complexity index is 540. The van der Waals surface area contributed by atoms with Crippen molar-refractivity contribution in [2.45, 2.75) is 37.2 Å². The van der Waals surface area contributed by atoms with E-state index in [2.05, 4.69) is 10.2 Å². The first kappa shape index (κ1) is 15.1. The monoisotopic (exact) mass is 312 g/mol. The molecule has 2 aromatic rings. The fraction of sp³-hybridized carbons (Fsp3) is 0.462. The summed E-state index contributed by atoms with van der Waals surface area (Å²) in [6, 6.07) is 4.00. The van der Waals surface area contributed by atoms with Crippen molar-refractivity contribution in [1.82, 2.24) is 10.2 Å². The third-order valence-electron chi connectivity index (χ3n) is 2.41. The van der Waals surface area contributed by atoms with Crippen LogP contribution in [0.15, 0.2) is 27.2 Å². The fourth-order valence-corrected chi connectivity index (χ4v) is 2.83. The lowest BCUT2D eigenvalue weighted by Gasteiger charge is -2.07. The molecular formula is C13H16N2O3S2. The Morgan fingerprint density at radius 3 is 3.10 bits per heavy atom. The lowest BCUT2D eigenvalue weighted by Crippen LogP contribution is -2.17. The first-order chi connectivity index (χ1) is 9.69. The lowest BCUT2D eigenvalue weighted by molar-refractivity contribution is -0.142. The number of carbonyl (C=O) groups excluding carboxylic acids is 1. The third kappa shape index (κ3) is 4.35. The molecule has 108 valence electrons. The summed E-state index contributed by atoms with van der Waals surface area (Å²) in [5.41, 5.74) is 0. The van der Waals surface area contributed by atoms with Gasteiger partial charge in [0.05, 0.1) is 13.0 Å². The topological polar surface area (TPSA) is 65.2 Å². The molecule has 20 heavy (non-hydrogen) atoms. The zero-order valence-corrected chi connectivity index (χ0v) is 13.0. The van der Waals surface area contributed by atoms with Gasteiger partial charge in [-0.15, -0.1) is 21.5 Å². The van der Waals surface area contributed by atoms with Crippen molar-refractivity contribution in [3.63, 3.8) is 0 Å². The van der Waals surface area contributed by atoms with E-state index in [1.54, 1.807) is 18.3 Å². The van der Waals surface area contributed by atoms with Gasteiger partial charge in [-0.25, -0.2) is 0 Å². The van der Waals surface area contributed by atoms with Gasteiger partial charge in [0.25, 0.3) is 5.22 Å². The van der Waals surface area contributed by atoms with Crippen molar-refractivity contribution in [1.29, 1.82) is 0 Å². The van der Waals surface area contributed by atoms with Crippen LogP contribution in [0.4, 0.5) is 0 Å². The summed E-state index contributed by atoms with van der Waals surface area (Å²) in [5, 5.41) is 9.98. The Morgan fingerprint density at radius 1 is 1.55 bits per heavy atom. The molecule has 0 aliphatic carbocycles. The lowest BCUT2D eigenvalue weighted by atomic mass is 10.3. The van der Waals surface area contributed by atoms with Crippen LogP contribution in [-0.4, -0.2) is 28.0 Å². The van der Waals surface area contributed by atoms with E-state index in [0.29, 0.717) is 24.1 Å². The van der Waals surface area contributed by atoms with E-state index in [9.17, 15) is 4.79 Å². The molecule has 0 saturated carbocycles. The summed E-state index contributed by atoms with van der Waals surface area (Å²) in [6.45, 7) is 4.17. The number of hydrogen-bond donors (Lipinski definition) is 0. The molecule has 2 aromatic heterocycles. The van der Waals surface area contributed by atoms with Gasteiger partial charge < -0.3 is 9.15 Å². The molecule has 7 heteroatoms. The maximum absolute atomic E-state index is 11.6. The molecule has 2 heterocycles. The number of rotatable bonds is 7. The summed E-state index contributed by atoms with van der Waals surface area (Å²) >= 11 is 2.87. The van der Waals surface area contributed by atoms with E-state index in [1.807, 2.05) is 24.4 Å². The highest BCUT2D eigenvalue weighted by Gasteiger charge is 2.19. The van der Waals surface area contributed by atoms with Crippen molar-refractivity contribution in [3.05, 3.63) is 28.3 Å². The van der Waals surface area contributed by atoms with E-state index < -0.39 is 0 Å². The van der Waals surface area contributed by atoms with Crippen molar-refractivity contribution in [2.24, 2.45) is 0 Å². The van der Waals surface area contributed by atoms with Gasteiger partial charge >= 0.3 is 5.97 Å². The van der Waals surface area contributed by atoms with Gasteiger partial charge in [-0.1, -0.05) is 24.8 Å². The molecule has 0 aliphatic rings. The van der Waals surface area contributed by atoms with Crippen LogP contribution < -0.4 is 0 Å². The standard InChI is InChI=1S/C13H16N2O3S2/c1-3-6-17-12(16)9(2)20-13-15-14-11(18-13)8-10-5-4-7-19-10/h4-5,7,9H,3,6,8H2,1-2H3. The second-order valence-corrected chi connectivity index (χ2v) is 6.47. The smallest absolute Gasteiger partial charge is 0.319 e. The van der Waals surface area contributed by atoms with Crippen LogP contribution in [0.1, 0.15) is 31.0 Å². The number of nitrogens with zero attached hydrogens (tertiary/aromatic N) is 2. The Morgan fingerprint density at radius 2 is 2.40 bits per heavy atom. The maximum atomic E-state index is 11.6. The molecule has 5 nitrogen and oxygen atoms in total. The Balaban J connectivity index is 1.87. The van der Waals surface area contributed by atoms with Gasteiger partial charge in [0.15, 0.2) is 0 Å². The van der Waals surface area contributed by atoms with E-state index in [1.165, 1.54) is 16.6 Å². The van der Waals surface area contributed by atoms with E-state index in [0.717, 1.165) is 6.42 Å². The first-order valence-electron chi connectivity index (χ1n) is 6.37. The molecular weight excluding hydrogens is 296 g/mol. The number of carbonyl (C=O) groups is 1. The zero-order chi connectivity index (χ0) is 14.4. The van der Waals surface area contributed by atoms with Crippen molar-refractivity contribution < 1.29 is 13.9 Å². The highest BCUT2D eigenvalue weighted by atomic mass is 32.2. The average molecular weight is 312 g/mol. The molecule has 1 atom stereocenters. The number of aromatic nitrogens is 2. The zero-order valence-electron chi connectivity index (χ0n) is 11.4. The van der Waals surface area contributed by atoms with Crippen LogP contribution >= 0.6 is 23.1 Å². The van der Waals surface area contributed by atoms with Gasteiger partial charge in [0.1, 0.15) is 5.25 Å². The Hall–Kier alpha value is -1.34. The Kier molecular flexibility index (Phi) is 5.60. The number of thioether (sulfide) groups is 1. The van der Waals surface area contributed by atoms with Crippen LogP contribution in [-0.2, 0) is 16.0 Å². The summed E-state index contributed by atoms with van der Waals surface area (Å²) in [6.07, 6.45) is 1.44. The van der Waals surface area contributed by atoms with Gasteiger partial charge in [-0.3, -0.25) is 4.79 Å². The summed E-state index contributed by atoms with van der Waals surface area (Å²) in [4.78, 5) is 12.8. The summed E-state index contributed by atoms with van der Waals surface area (Å²) in [7, 11) is 0. The minimum absolute atomic E-state index is 0.255. The van der Waals surface area contributed by atoms with Crippen LogP contribution in [0.2, 0.25) is 0 Å². The molecule has 0 aromatic carbocycles. The molecule has 0 spiro atoms. The van der Waals surface area contributed by atoms with Gasteiger partial charge in [-0.2, -0.15) is 0 Å². The minimum atomic E-state index is -0.350. The van der Waals surface area contributed by atoms with E-state index >= 15 is 0 Å².